The molecular formula is C14H11ClN2O4S. The number of nitro groups is 1. The number of benzene rings is 2. The summed E-state index contributed by atoms with van der Waals surface area (Å²) in [6.07, 6.45) is 1.54. The van der Waals surface area contributed by atoms with Crippen molar-refractivity contribution in [3.63, 3.8) is 0 Å². The van der Waals surface area contributed by atoms with Gasteiger partial charge in [0.15, 0.2) is 0 Å². The molecule has 114 valence electrons. The predicted octanol–water partition coefficient (Wildman–Crippen LogP) is 3.24. The largest absolute Gasteiger partial charge is 0.322 e. The fraction of sp³-hybridized carbons (Fsp3) is 0.0714. The third kappa shape index (κ3) is 3.69. The lowest BCUT2D eigenvalue weighted by molar-refractivity contribution is -0.384. The second-order valence-electron chi connectivity index (χ2n) is 4.36. The van der Waals surface area contributed by atoms with Gasteiger partial charge in [0.2, 0.25) is 0 Å². The summed E-state index contributed by atoms with van der Waals surface area (Å²) in [5, 5.41) is 13.2. The fourth-order valence-electron chi connectivity index (χ4n) is 1.75. The number of amides is 1. The zero-order valence-electron chi connectivity index (χ0n) is 11.4. The number of hydrogen-bond donors (Lipinski definition) is 1. The fourth-order valence-corrected chi connectivity index (χ4v) is 2.56. The van der Waals surface area contributed by atoms with Crippen LogP contribution < -0.4 is 5.32 Å². The van der Waals surface area contributed by atoms with E-state index in [1.807, 2.05) is 0 Å². The zero-order valence-corrected chi connectivity index (χ0v) is 13.0. The van der Waals surface area contributed by atoms with Gasteiger partial charge in [-0.25, -0.2) is 0 Å². The highest BCUT2D eigenvalue weighted by Crippen LogP contribution is 2.25. The van der Waals surface area contributed by atoms with Gasteiger partial charge in [-0.1, -0.05) is 17.7 Å². The number of nitrogens with one attached hydrogen (secondary N) is 1. The van der Waals surface area contributed by atoms with Gasteiger partial charge < -0.3 is 5.32 Å². The van der Waals surface area contributed by atoms with Gasteiger partial charge in [-0.15, -0.1) is 0 Å². The third-order valence-corrected chi connectivity index (χ3v) is 4.05. The Morgan fingerprint density at radius 1 is 1.27 bits per heavy atom. The molecule has 0 fully saturated rings. The van der Waals surface area contributed by atoms with Crippen molar-refractivity contribution in [3.8, 4) is 0 Å². The van der Waals surface area contributed by atoms with E-state index < -0.39 is 21.6 Å². The highest BCUT2D eigenvalue weighted by atomic mass is 35.5. The van der Waals surface area contributed by atoms with E-state index in [2.05, 4.69) is 5.32 Å². The Morgan fingerprint density at radius 2 is 2.00 bits per heavy atom. The molecule has 0 heterocycles. The van der Waals surface area contributed by atoms with Crippen molar-refractivity contribution in [2.24, 2.45) is 0 Å². The molecule has 0 aliphatic heterocycles. The number of carbonyl (C=O) groups excluding carboxylic acids is 1. The maximum atomic E-state index is 12.1. The van der Waals surface area contributed by atoms with Crippen molar-refractivity contribution in [1.82, 2.24) is 0 Å². The van der Waals surface area contributed by atoms with E-state index >= 15 is 0 Å². The molecule has 0 bridgehead atoms. The van der Waals surface area contributed by atoms with Gasteiger partial charge in [0.05, 0.1) is 4.92 Å². The van der Waals surface area contributed by atoms with E-state index in [0.717, 1.165) is 0 Å². The number of nitro benzene ring substituents is 1. The summed E-state index contributed by atoms with van der Waals surface area (Å²) in [5.74, 6) is -0.462. The van der Waals surface area contributed by atoms with E-state index in [9.17, 15) is 19.1 Å². The van der Waals surface area contributed by atoms with Gasteiger partial charge >= 0.3 is 0 Å². The summed E-state index contributed by atoms with van der Waals surface area (Å²) in [6.45, 7) is 0. The molecule has 8 heteroatoms. The van der Waals surface area contributed by atoms with Gasteiger partial charge in [0.1, 0.15) is 5.02 Å². The first-order chi connectivity index (χ1) is 10.4. The molecule has 0 saturated carbocycles. The molecule has 0 unspecified atom stereocenters. The van der Waals surface area contributed by atoms with E-state index in [0.29, 0.717) is 10.6 Å². The number of carbonyl (C=O) groups is 1. The molecule has 0 aliphatic rings. The molecule has 1 atom stereocenters. The van der Waals surface area contributed by atoms with Crippen LogP contribution in [0.3, 0.4) is 0 Å². The quantitative estimate of drug-likeness (QED) is 0.684. The van der Waals surface area contributed by atoms with Crippen molar-refractivity contribution < 1.29 is 13.9 Å². The normalized spacial score (nSPS) is 11.7. The van der Waals surface area contributed by atoms with Crippen LogP contribution in [0.1, 0.15) is 10.4 Å². The summed E-state index contributed by atoms with van der Waals surface area (Å²) >= 11 is 5.78. The lowest BCUT2D eigenvalue weighted by atomic mass is 10.2. The van der Waals surface area contributed by atoms with Gasteiger partial charge in [-0.05, 0) is 30.3 Å². The van der Waals surface area contributed by atoms with Crippen LogP contribution in [0.4, 0.5) is 11.4 Å². The molecule has 0 aromatic heterocycles. The molecule has 2 aromatic rings. The molecule has 6 nitrogen and oxygen atoms in total. The van der Waals surface area contributed by atoms with Crippen LogP contribution in [-0.2, 0) is 10.8 Å². The Labute approximate surface area is 133 Å². The van der Waals surface area contributed by atoms with Gasteiger partial charge in [0, 0.05) is 39.3 Å². The Balaban J connectivity index is 2.22. The second kappa shape index (κ2) is 6.67. The van der Waals surface area contributed by atoms with E-state index in [-0.39, 0.29) is 16.3 Å². The number of hydrogen-bond acceptors (Lipinski definition) is 4. The average molecular weight is 339 g/mol. The third-order valence-electron chi connectivity index (χ3n) is 2.83. The Morgan fingerprint density at radius 3 is 2.59 bits per heavy atom. The van der Waals surface area contributed by atoms with Crippen LogP contribution in [0.15, 0.2) is 47.4 Å². The standard InChI is InChI=1S/C14H11ClN2O4S/c1-22(21)11-4-2-3-10(8-11)16-14(18)9-5-6-13(17(19)20)12(15)7-9/h2-8H,1H3,(H,16,18)/t22-/m1/s1. The summed E-state index contributed by atoms with van der Waals surface area (Å²) < 4.78 is 11.4. The number of halogens is 1. The van der Waals surface area contributed by atoms with Crippen LogP contribution in [-0.4, -0.2) is 21.3 Å². The van der Waals surface area contributed by atoms with Gasteiger partial charge in [-0.3, -0.25) is 19.1 Å². The first kappa shape index (κ1) is 16.1. The van der Waals surface area contributed by atoms with Crippen molar-refractivity contribution in [1.29, 1.82) is 0 Å². The minimum absolute atomic E-state index is 0.110. The minimum Gasteiger partial charge on any atom is -0.322 e. The lowest BCUT2D eigenvalue weighted by Gasteiger charge is -2.07. The smallest absolute Gasteiger partial charge is 0.287 e. The van der Waals surface area contributed by atoms with Gasteiger partial charge in [-0.2, -0.15) is 0 Å². The molecule has 2 aromatic carbocycles. The molecular weight excluding hydrogens is 328 g/mol. The van der Waals surface area contributed by atoms with E-state index in [1.165, 1.54) is 24.5 Å². The first-order valence-electron chi connectivity index (χ1n) is 6.07. The van der Waals surface area contributed by atoms with Crippen molar-refractivity contribution in [2.75, 3.05) is 11.6 Å². The molecule has 2 rings (SSSR count). The second-order valence-corrected chi connectivity index (χ2v) is 6.15. The average Bonchev–Trinajstić information content (AvgIpc) is 2.46. The SMILES string of the molecule is C[S@@](=O)c1cccc(NC(=O)c2ccc([N+](=O)[O-])c(Cl)c2)c1. The predicted molar refractivity (Wildman–Crippen MR) is 84.8 cm³/mol. The molecule has 1 amide bonds. The maximum absolute atomic E-state index is 12.1. The Kier molecular flexibility index (Phi) is 4.89. The first-order valence-corrected chi connectivity index (χ1v) is 8.01. The van der Waals surface area contributed by atoms with E-state index in [1.54, 1.807) is 24.3 Å². The molecule has 22 heavy (non-hydrogen) atoms. The molecule has 0 aliphatic carbocycles. The summed E-state index contributed by atoms with van der Waals surface area (Å²) in [7, 11) is -1.16. The summed E-state index contributed by atoms with van der Waals surface area (Å²) in [5.41, 5.74) is 0.410. The van der Waals surface area contributed by atoms with Crippen LogP contribution in [0.5, 0.6) is 0 Å². The molecule has 0 saturated heterocycles. The molecule has 0 radical (unpaired) electrons. The number of nitrogens with zero attached hydrogens (tertiary/aromatic N) is 1. The van der Waals surface area contributed by atoms with Crippen LogP contribution in [0.25, 0.3) is 0 Å². The van der Waals surface area contributed by atoms with Crippen molar-refractivity contribution >= 4 is 39.7 Å². The monoisotopic (exact) mass is 338 g/mol. The highest BCUT2D eigenvalue weighted by Gasteiger charge is 2.15. The Bertz CT molecular complexity index is 779. The molecule has 1 N–H and O–H groups in total. The van der Waals surface area contributed by atoms with Crippen LogP contribution in [0.2, 0.25) is 5.02 Å². The number of rotatable bonds is 4. The van der Waals surface area contributed by atoms with Crippen LogP contribution >= 0.6 is 11.6 Å². The molecule has 0 spiro atoms. The van der Waals surface area contributed by atoms with Crippen LogP contribution in [0, 0.1) is 10.1 Å². The number of anilines is 1. The van der Waals surface area contributed by atoms with Crippen molar-refractivity contribution in [3.05, 3.63) is 63.2 Å². The topological polar surface area (TPSA) is 89.3 Å². The highest BCUT2D eigenvalue weighted by molar-refractivity contribution is 7.84. The van der Waals surface area contributed by atoms with Gasteiger partial charge in [0.25, 0.3) is 11.6 Å². The van der Waals surface area contributed by atoms with Crippen molar-refractivity contribution in [2.45, 2.75) is 4.90 Å². The summed E-state index contributed by atoms with van der Waals surface area (Å²) in [6, 6.07) is 10.3. The Hall–Kier alpha value is -2.25. The summed E-state index contributed by atoms with van der Waals surface area (Å²) in [4.78, 5) is 22.8. The minimum atomic E-state index is -1.16. The zero-order chi connectivity index (χ0) is 16.3. The lowest BCUT2D eigenvalue weighted by Crippen LogP contribution is -2.12. The maximum Gasteiger partial charge on any atom is 0.287 e. The van der Waals surface area contributed by atoms with E-state index in [4.69, 9.17) is 11.6 Å².